The minimum atomic E-state index is -1.01. The number of hydrogen-bond donors (Lipinski definition) is 3. The Morgan fingerprint density at radius 1 is 1.73 bits per heavy atom. The average Bonchev–Trinajstić information content (AvgIpc) is 2.91. The van der Waals surface area contributed by atoms with Gasteiger partial charge in [-0.1, -0.05) is 5.16 Å². The van der Waals surface area contributed by atoms with Crippen molar-refractivity contribution >= 4 is 5.91 Å². The molecule has 7 heteroatoms. The fourth-order valence-corrected chi connectivity index (χ4v) is 1.04. The van der Waals surface area contributed by atoms with Crippen molar-refractivity contribution in [2.24, 2.45) is 5.73 Å². The molecule has 15 heavy (non-hydrogen) atoms. The van der Waals surface area contributed by atoms with Gasteiger partial charge in [0.2, 0.25) is 0 Å². The molecule has 0 aromatic carbocycles. The first kappa shape index (κ1) is 10.1. The van der Waals surface area contributed by atoms with Gasteiger partial charge in [-0.25, -0.2) is 0 Å². The van der Waals surface area contributed by atoms with Gasteiger partial charge in [-0.2, -0.15) is 4.98 Å². The molecular weight excluding hydrogens is 200 g/mol. The van der Waals surface area contributed by atoms with E-state index in [2.05, 4.69) is 20.0 Å². The van der Waals surface area contributed by atoms with E-state index in [1.807, 2.05) is 0 Å². The van der Waals surface area contributed by atoms with Crippen LogP contribution in [0.4, 0.5) is 0 Å². The molecular formula is C8H12N4O3. The number of aliphatic hydroxyl groups is 1. The molecule has 4 N–H and O–H groups in total. The highest BCUT2D eigenvalue weighted by Crippen LogP contribution is 2.19. The van der Waals surface area contributed by atoms with E-state index in [-0.39, 0.29) is 30.2 Å². The largest absolute Gasteiger partial charge is 0.382 e. The zero-order valence-electron chi connectivity index (χ0n) is 8.01. The van der Waals surface area contributed by atoms with Crippen LogP contribution in [-0.4, -0.2) is 33.7 Å². The van der Waals surface area contributed by atoms with Crippen LogP contribution in [0.15, 0.2) is 4.52 Å². The van der Waals surface area contributed by atoms with Gasteiger partial charge in [-0.05, 0) is 12.8 Å². The second-order valence-electron chi connectivity index (χ2n) is 3.46. The Balaban J connectivity index is 2.01. The molecule has 0 spiro atoms. The number of carbonyl (C=O) groups is 1. The summed E-state index contributed by atoms with van der Waals surface area (Å²) in [6.45, 7) is -0.0219. The predicted molar refractivity (Wildman–Crippen MR) is 48.8 cm³/mol. The van der Waals surface area contributed by atoms with Crippen LogP contribution in [0.25, 0.3) is 0 Å². The van der Waals surface area contributed by atoms with Crippen molar-refractivity contribution in [2.75, 3.05) is 6.54 Å². The SMILES string of the molecule is NC[C@H](O)c1nc(C(=O)NC2CC2)no1. The Hall–Kier alpha value is -1.47. The standard InChI is InChI=1S/C8H12N4O3/c9-3-5(13)8-11-6(12-15-8)7(14)10-4-1-2-4/h4-5,13H,1-3,9H2,(H,10,14)/t5-/m0/s1. The fraction of sp³-hybridized carbons (Fsp3) is 0.625. The quantitative estimate of drug-likeness (QED) is 0.587. The Morgan fingerprint density at radius 3 is 3.07 bits per heavy atom. The maximum Gasteiger partial charge on any atom is 0.292 e. The van der Waals surface area contributed by atoms with E-state index in [9.17, 15) is 9.90 Å². The summed E-state index contributed by atoms with van der Waals surface area (Å²) < 4.78 is 4.69. The summed E-state index contributed by atoms with van der Waals surface area (Å²) in [5, 5.41) is 15.4. The third kappa shape index (κ3) is 2.31. The first-order valence-corrected chi connectivity index (χ1v) is 4.73. The van der Waals surface area contributed by atoms with Gasteiger partial charge < -0.3 is 20.7 Å². The van der Waals surface area contributed by atoms with Gasteiger partial charge in [-0.15, -0.1) is 0 Å². The highest BCUT2D eigenvalue weighted by atomic mass is 16.5. The van der Waals surface area contributed by atoms with Crippen LogP contribution in [0.3, 0.4) is 0 Å². The number of aliphatic hydroxyl groups excluding tert-OH is 1. The summed E-state index contributed by atoms with van der Waals surface area (Å²) in [4.78, 5) is 15.2. The topological polar surface area (TPSA) is 114 Å². The molecule has 82 valence electrons. The lowest BCUT2D eigenvalue weighted by atomic mass is 10.3. The molecule has 1 saturated carbocycles. The lowest BCUT2D eigenvalue weighted by molar-refractivity contribution is 0.0937. The van der Waals surface area contributed by atoms with Gasteiger partial charge in [0, 0.05) is 12.6 Å². The smallest absolute Gasteiger partial charge is 0.292 e. The molecule has 1 aliphatic rings. The van der Waals surface area contributed by atoms with Crippen LogP contribution in [-0.2, 0) is 0 Å². The summed E-state index contributed by atoms with van der Waals surface area (Å²) in [6.07, 6.45) is 0.962. The zero-order chi connectivity index (χ0) is 10.8. The second kappa shape index (κ2) is 3.95. The van der Waals surface area contributed by atoms with Crippen molar-refractivity contribution in [1.82, 2.24) is 15.5 Å². The molecule has 1 heterocycles. The molecule has 1 aromatic heterocycles. The van der Waals surface area contributed by atoms with Crippen molar-refractivity contribution in [2.45, 2.75) is 25.0 Å². The molecule has 1 amide bonds. The van der Waals surface area contributed by atoms with E-state index >= 15 is 0 Å². The summed E-state index contributed by atoms with van der Waals surface area (Å²) in [7, 11) is 0. The minimum Gasteiger partial charge on any atom is -0.382 e. The van der Waals surface area contributed by atoms with Gasteiger partial charge in [0.15, 0.2) is 0 Å². The molecule has 0 bridgehead atoms. The lowest BCUT2D eigenvalue weighted by Gasteiger charge is -1.98. The lowest BCUT2D eigenvalue weighted by Crippen LogP contribution is -2.26. The summed E-state index contributed by atoms with van der Waals surface area (Å²) >= 11 is 0. The molecule has 7 nitrogen and oxygen atoms in total. The van der Waals surface area contributed by atoms with Crippen LogP contribution >= 0.6 is 0 Å². The number of nitrogens with two attached hydrogens (primary N) is 1. The van der Waals surface area contributed by atoms with Crippen LogP contribution in [0.5, 0.6) is 0 Å². The Bertz CT molecular complexity index is 361. The third-order valence-electron chi connectivity index (χ3n) is 2.07. The zero-order valence-corrected chi connectivity index (χ0v) is 8.01. The van der Waals surface area contributed by atoms with Gasteiger partial charge in [0.25, 0.3) is 17.6 Å². The fourth-order valence-electron chi connectivity index (χ4n) is 1.04. The normalized spacial score (nSPS) is 17.5. The molecule has 1 aromatic rings. The summed E-state index contributed by atoms with van der Waals surface area (Å²) in [5.41, 5.74) is 5.20. The molecule has 0 saturated heterocycles. The van der Waals surface area contributed by atoms with Crippen molar-refractivity contribution in [3.63, 3.8) is 0 Å². The molecule has 2 rings (SSSR count). The number of hydrogen-bond acceptors (Lipinski definition) is 6. The number of carbonyl (C=O) groups excluding carboxylic acids is 1. The van der Waals surface area contributed by atoms with E-state index in [1.165, 1.54) is 0 Å². The molecule has 0 unspecified atom stereocenters. The second-order valence-corrected chi connectivity index (χ2v) is 3.46. The molecule has 1 fully saturated rings. The Morgan fingerprint density at radius 2 is 2.47 bits per heavy atom. The average molecular weight is 212 g/mol. The number of nitrogens with one attached hydrogen (secondary N) is 1. The highest BCUT2D eigenvalue weighted by Gasteiger charge is 2.26. The Kier molecular flexibility index (Phi) is 2.65. The van der Waals surface area contributed by atoms with E-state index in [1.54, 1.807) is 0 Å². The van der Waals surface area contributed by atoms with Gasteiger partial charge >= 0.3 is 0 Å². The maximum atomic E-state index is 11.4. The van der Waals surface area contributed by atoms with Crippen LogP contribution in [0.2, 0.25) is 0 Å². The summed E-state index contributed by atoms with van der Waals surface area (Å²) in [5.74, 6) is -0.473. The van der Waals surface area contributed by atoms with Crippen molar-refractivity contribution in [1.29, 1.82) is 0 Å². The van der Waals surface area contributed by atoms with E-state index in [4.69, 9.17) is 5.73 Å². The molecule has 0 radical (unpaired) electrons. The minimum absolute atomic E-state index is 0.0219. The molecule has 1 aliphatic carbocycles. The van der Waals surface area contributed by atoms with Crippen LogP contribution in [0, 0.1) is 0 Å². The van der Waals surface area contributed by atoms with Crippen molar-refractivity contribution in [3.05, 3.63) is 11.7 Å². The third-order valence-corrected chi connectivity index (χ3v) is 2.07. The van der Waals surface area contributed by atoms with Gasteiger partial charge in [0.1, 0.15) is 6.10 Å². The first-order chi connectivity index (χ1) is 7.20. The monoisotopic (exact) mass is 212 g/mol. The van der Waals surface area contributed by atoms with E-state index in [0.29, 0.717) is 0 Å². The van der Waals surface area contributed by atoms with E-state index in [0.717, 1.165) is 12.8 Å². The molecule has 0 aliphatic heterocycles. The summed E-state index contributed by atoms with van der Waals surface area (Å²) in [6, 6.07) is 0.235. The van der Waals surface area contributed by atoms with Crippen molar-refractivity contribution < 1.29 is 14.4 Å². The number of rotatable bonds is 4. The van der Waals surface area contributed by atoms with E-state index < -0.39 is 6.10 Å². The Labute approximate surface area is 85.6 Å². The van der Waals surface area contributed by atoms with Gasteiger partial charge in [0.05, 0.1) is 0 Å². The number of amides is 1. The van der Waals surface area contributed by atoms with Gasteiger partial charge in [-0.3, -0.25) is 4.79 Å². The van der Waals surface area contributed by atoms with Crippen LogP contribution < -0.4 is 11.1 Å². The highest BCUT2D eigenvalue weighted by molar-refractivity contribution is 5.90. The predicted octanol–water partition coefficient (Wildman–Crippen LogP) is -1.05. The van der Waals surface area contributed by atoms with Crippen molar-refractivity contribution in [3.8, 4) is 0 Å². The van der Waals surface area contributed by atoms with Crippen LogP contribution in [0.1, 0.15) is 35.5 Å². The maximum absolute atomic E-state index is 11.4. The number of nitrogens with zero attached hydrogens (tertiary/aromatic N) is 2. The molecule has 1 atom stereocenters. The number of aromatic nitrogens is 2. The first-order valence-electron chi connectivity index (χ1n) is 4.73.